The van der Waals surface area contributed by atoms with E-state index < -0.39 is 42.4 Å². The lowest BCUT2D eigenvalue weighted by Crippen LogP contribution is -2.36. The molecule has 0 radical (unpaired) electrons. The first-order valence-corrected chi connectivity index (χ1v) is 7.64. The van der Waals surface area contributed by atoms with Gasteiger partial charge in [-0.25, -0.2) is 9.36 Å². The fourth-order valence-electron chi connectivity index (χ4n) is 2.90. The first-order valence-electron chi connectivity index (χ1n) is 7.64. The topological polar surface area (TPSA) is 169 Å². The monoisotopic (exact) mass is 353 g/mol. The van der Waals surface area contributed by atoms with Crippen molar-refractivity contribution in [3.05, 3.63) is 33.0 Å². The van der Waals surface area contributed by atoms with Crippen molar-refractivity contribution >= 4 is 17.1 Å². The quantitative estimate of drug-likeness (QED) is 0.381. The summed E-state index contributed by atoms with van der Waals surface area (Å²) in [6.07, 6.45) is -1.89. The van der Waals surface area contributed by atoms with Gasteiger partial charge in [0.25, 0.3) is 5.56 Å². The van der Waals surface area contributed by atoms with Gasteiger partial charge in [0.1, 0.15) is 18.3 Å². The molecule has 25 heavy (non-hydrogen) atoms. The highest BCUT2D eigenvalue weighted by Crippen LogP contribution is 2.30. The number of aliphatic hydroxyl groups is 3. The maximum atomic E-state index is 12.8. The molecule has 2 aromatic heterocycles. The molecule has 2 aromatic rings. The van der Waals surface area contributed by atoms with E-state index in [0.717, 1.165) is 9.13 Å². The number of ether oxygens (including phenoxy) is 1. The lowest BCUT2D eigenvalue weighted by atomic mass is 10.1. The van der Waals surface area contributed by atoms with Crippen molar-refractivity contribution in [1.29, 1.82) is 0 Å². The van der Waals surface area contributed by atoms with Crippen molar-refractivity contribution in [3.63, 3.8) is 0 Å². The second kappa shape index (κ2) is 6.44. The van der Waals surface area contributed by atoms with E-state index in [9.17, 15) is 24.9 Å². The fraction of sp³-hybridized carbons (Fsp3) is 0.500. The molecular formula is C14H19N5O6. The van der Waals surface area contributed by atoms with Gasteiger partial charge in [0.05, 0.1) is 6.61 Å². The Labute approximate surface area is 140 Å². The van der Waals surface area contributed by atoms with Crippen molar-refractivity contribution in [2.45, 2.75) is 38.0 Å². The van der Waals surface area contributed by atoms with Gasteiger partial charge in [0, 0.05) is 6.54 Å². The molecule has 1 aliphatic rings. The maximum absolute atomic E-state index is 12.8. The summed E-state index contributed by atoms with van der Waals surface area (Å²) in [5.74, 6) is -0.207. The SMILES string of the molecule is CC=CCn1c(=O)n([C@@H]2O[C@H](CO)[C@@H](O)[C@H]2O)c2nc(N)[nH]c(=O)c21. The number of hydrogen-bond acceptors (Lipinski definition) is 8. The van der Waals surface area contributed by atoms with Crippen molar-refractivity contribution in [2.75, 3.05) is 12.3 Å². The summed E-state index contributed by atoms with van der Waals surface area (Å²) < 4.78 is 7.52. The van der Waals surface area contributed by atoms with Crippen LogP contribution in [0, 0.1) is 0 Å². The van der Waals surface area contributed by atoms with E-state index in [-0.39, 0.29) is 23.7 Å². The summed E-state index contributed by atoms with van der Waals surface area (Å²) in [4.78, 5) is 31.4. The molecule has 1 saturated heterocycles. The molecule has 1 fully saturated rings. The minimum absolute atomic E-state index is 0.0324. The van der Waals surface area contributed by atoms with E-state index in [1.54, 1.807) is 19.1 Å². The molecule has 11 heteroatoms. The van der Waals surface area contributed by atoms with Crippen LogP contribution in [0.15, 0.2) is 21.7 Å². The van der Waals surface area contributed by atoms with Crippen LogP contribution in [0.4, 0.5) is 5.95 Å². The number of aromatic amines is 1. The number of allylic oxidation sites excluding steroid dienone is 2. The zero-order chi connectivity index (χ0) is 18.3. The van der Waals surface area contributed by atoms with E-state index >= 15 is 0 Å². The summed E-state index contributed by atoms with van der Waals surface area (Å²) in [5, 5.41) is 29.4. The molecule has 11 nitrogen and oxygen atoms in total. The highest BCUT2D eigenvalue weighted by Gasteiger charge is 2.45. The molecule has 0 unspecified atom stereocenters. The van der Waals surface area contributed by atoms with Crippen molar-refractivity contribution < 1.29 is 20.1 Å². The summed E-state index contributed by atoms with van der Waals surface area (Å²) in [6.45, 7) is 1.32. The summed E-state index contributed by atoms with van der Waals surface area (Å²) in [7, 11) is 0. The Morgan fingerprint density at radius 3 is 2.68 bits per heavy atom. The predicted molar refractivity (Wildman–Crippen MR) is 86.8 cm³/mol. The van der Waals surface area contributed by atoms with Crippen LogP contribution in [-0.4, -0.2) is 59.3 Å². The molecule has 1 aliphatic heterocycles. The van der Waals surface area contributed by atoms with Gasteiger partial charge in [0.15, 0.2) is 17.4 Å². The average Bonchev–Trinajstić information content (AvgIpc) is 3.00. The maximum Gasteiger partial charge on any atom is 0.333 e. The number of aromatic nitrogens is 4. The third-order valence-corrected chi connectivity index (χ3v) is 4.13. The van der Waals surface area contributed by atoms with Gasteiger partial charge >= 0.3 is 5.69 Å². The minimum atomic E-state index is -1.49. The number of anilines is 1. The standard InChI is InChI=1S/C14H19N5O6/c1-2-3-4-18-7-10(16-13(15)17-11(7)23)19(14(18)24)12-9(22)8(21)6(5-20)25-12/h2-3,6,8-9,12,20-22H,4-5H2,1H3,(H3,15,16,17,23)/t6-,8-,9-,12-/m1/s1. The lowest BCUT2D eigenvalue weighted by molar-refractivity contribution is -0.0527. The summed E-state index contributed by atoms with van der Waals surface area (Å²) >= 11 is 0. The number of aliphatic hydroxyl groups excluding tert-OH is 3. The van der Waals surface area contributed by atoms with Crippen molar-refractivity contribution in [1.82, 2.24) is 19.1 Å². The van der Waals surface area contributed by atoms with E-state index in [1.165, 1.54) is 0 Å². The molecule has 6 N–H and O–H groups in total. The summed E-state index contributed by atoms with van der Waals surface area (Å²) in [6, 6.07) is 0. The highest BCUT2D eigenvalue weighted by atomic mass is 16.6. The van der Waals surface area contributed by atoms with Gasteiger partial charge in [-0.05, 0) is 6.92 Å². The van der Waals surface area contributed by atoms with Gasteiger partial charge in [-0.1, -0.05) is 12.2 Å². The predicted octanol–water partition coefficient (Wildman–Crippen LogP) is -2.34. The van der Waals surface area contributed by atoms with Crippen LogP contribution in [0.3, 0.4) is 0 Å². The number of fused-ring (bicyclic) bond motifs is 1. The Kier molecular flexibility index (Phi) is 4.47. The molecule has 0 aromatic carbocycles. The van der Waals surface area contributed by atoms with Crippen LogP contribution in [0.2, 0.25) is 0 Å². The molecule has 0 aliphatic carbocycles. The van der Waals surface area contributed by atoms with Crippen molar-refractivity contribution in [2.24, 2.45) is 0 Å². The number of imidazole rings is 1. The zero-order valence-corrected chi connectivity index (χ0v) is 13.4. The van der Waals surface area contributed by atoms with E-state index in [4.69, 9.17) is 10.5 Å². The molecule has 0 saturated carbocycles. The van der Waals surface area contributed by atoms with Crippen LogP contribution in [0.5, 0.6) is 0 Å². The Balaban J connectivity index is 2.27. The Morgan fingerprint density at radius 1 is 1.36 bits per heavy atom. The molecule has 136 valence electrons. The first-order chi connectivity index (χ1) is 11.9. The van der Waals surface area contributed by atoms with Crippen LogP contribution in [0.1, 0.15) is 13.2 Å². The molecule has 0 bridgehead atoms. The average molecular weight is 353 g/mol. The van der Waals surface area contributed by atoms with Crippen LogP contribution < -0.4 is 17.0 Å². The number of hydrogen-bond donors (Lipinski definition) is 5. The zero-order valence-electron chi connectivity index (χ0n) is 13.4. The van der Waals surface area contributed by atoms with E-state index in [1.807, 2.05) is 0 Å². The second-order valence-electron chi connectivity index (χ2n) is 5.68. The Hall–Kier alpha value is -2.47. The number of nitrogens with two attached hydrogens (primary N) is 1. The normalized spacial score (nSPS) is 26.9. The number of nitrogens with zero attached hydrogens (tertiary/aromatic N) is 3. The second-order valence-corrected chi connectivity index (χ2v) is 5.68. The molecule has 3 heterocycles. The Morgan fingerprint density at radius 2 is 2.08 bits per heavy atom. The lowest BCUT2D eigenvalue weighted by Gasteiger charge is -2.15. The van der Waals surface area contributed by atoms with Crippen molar-refractivity contribution in [3.8, 4) is 0 Å². The smallest absolute Gasteiger partial charge is 0.333 e. The van der Waals surface area contributed by atoms with Gasteiger partial charge in [-0.3, -0.25) is 14.3 Å². The first kappa shape index (κ1) is 17.4. The summed E-state index contributed by atoms with van der Waals surface area (Å²) in [5.41, 5.74) is 4.18. The largest absolute Gasteiger partial charge is 0.394 e. The van der Waals surface area contributed by atoms with Gasteiger partial charge in [0.2, 0.25) is 5.95 Å². The Bertz CT molecular complexity index is 928. The van der Waals surface area contributed by atoms with Crippen LogP contribution in [0.25, 0.3) is 11.2 Å². The van der Waals surface area contributed by atoms with Gasteiger partial charge in [-0.15, -0.1) is 0 Å². The fourth-order valence-corrected chi connectivity index (χ4v) is 2.90. The third kappa shape index (κ3) is 2.66. The third-order valence-electron chi connectivity index (χ3n) is 4.13. The number of nitrogen functional groups attached to an aromatic ring is 1. The van der Waals surface area contributed by atoms with Gasteiger partial charge in [-0.2, -0.15) is 4.98 Å². The van der Waals surface area contributed by atoms with Crippen LogP contribution in [-0.2, 0) is 11.3 Å². The van der Waals surface area contributed by atoms with E-state index in [2.05, 4.69) is 9.97 Å². The van der Waals surface area contributed by atoms with Crippen LogP contribution >= 0.6 is 0 Å². The molecule has 0 amide bonds. The highest BCUT2D eigenvalue weighted by molar-refractivity contribution is 5.71. The van der Waals surface area contributed by atoms with E-state index in [0.29, 0.717) is 0 Å². The molecule has 3 rings (SSSR count). The number of rotatable bonds is 4. The van der Waals surface area contributed by atoms with Gasteiger partial charge < -0.3 is 25.8 Å². The molecule has 4 atom stereocenters. The minimum Gasteiger partial charge on any atom is -0.394 e. The number of H-pyrrole nitrogens is 1. The number of nitrogens with one attached hydrogen (secondary N) is 1. The molecule has 0 spiro atoms. The molecular weight excluding hydrogens is 334 g/mol.